The molecule has 1 aromatic carbocycles. The highest BCUT2D eigenvalue weighted by atomic mass is 19.4. The van der Waals surface area contributed by atoms with Gasteiger partial charge in [-0.15, -0.1) is 0 Å². The maximum Gasteiger partial charge on any atom is 0.416 e. The number of hydrogen-bond acceptors (Lipinski definition) is 3. The number of alkyl halides is 3. The van der Waals surface area contributed by atoms with Crippen LogP contribution in [0.3, 0.4) is 0 Å². The fourth-order valence-electron chi connectivity index (χ4n) is 2.72. The molecule has 0 saturated carbocycles. The van der Waals surface area contributed by atoms with Gasteiger partial charge in [-0.05, 0) is 45.1 Å². The highest BCUT2D eigenvalue weighted by Crippen LogP contribution is 2.29. The monoisotopic (exact) mass is 330 g/mol. The van der Waals surface area contributed by atoms with Gasteiger partial charge in [0, 0.05) is 30.9 Å². The first-order chi connectivity index (χ1) is 10.7. The average Bonchev–Trinajstić information content (AvgIpc) is 2.52. The van der Waals surface area contributed by atoms with Gasteiger partial charge in [0.2, 0.25) is 0 Å². The summed E-state index contributed by atoms with van der Waals surface area (Å²) in [4.78, 5) is 14.2. The molecular formula is C16H21F3N2O2. The Labute approximate surface area is 133 Å². The summed E-state index contributed by atoms with van der Waals surface area (Å²) in [7, 11) is 3.86. The van der Waals surface area contributed by atoms with Gasteiger partial charge in [0.1, 0.15) is 0 Å². The molecule has 1 saturated heterocycles. The van der Waals surface area contributed by atoms with E-state index in [1.54, 1.807) is 0 Å². The molecule has 1 amide bonds. The molecule has 4 nitrogen and oxygen atoms in total. The predicted octanol–water partition coefficient (Wildman–Crippen LogP) is 2.55. The quantitative estimate of drug-likeness (QED) is 0.922. The van der Waals surface area contributed by atoms with Gasteiger partial charge >= 0.3 is 6.18 Å². The molecular weight excluding hydrogens is 309 g/mol. The minimum Gasteiger partial charge on any atom is -0.381 e. The summed E-state index contributed by atoms with van der Waals surface area (Å²) in [5.41, 5.74) is -1.03. The standard InChI is InChI=1S/C16H21F3N2O2/c1-21(2)15(6-8-23-9-7-15)11-20-14(22)12-4-3-5-13(10-12)16(17,18)19/h3-5,10H,6-9,11H2,1-2H3,(H,20,22). The van der Waals surface area contributed by atoms with Gasteiger partial charge in [-0.2, -0.15) is 13.2 Å². The number of rotatable bonds is 4. The third kappa shape index (κ3) is 4.23. The summed E-state index contributed by atoms with van der Waals surface area (Å²) in [5, 5.41) is 2.77. The van der Waals surface area contributed by atoms with Crippen LogP contribution in [0.15, 0.2) is 24.3 Å². The van der Waals surface area contributed by atoms with Crippen molar-refractivity contribution in [1.82, 2.24) is 10.2 Å². The molecule has 128 valence electrons. The molecule has 7 heteroatoms. The fraction of sp³-hybridized carbons (Fsp3) is 0.562. The van der Waals surface area contributed by atoms with E-state index in [1.807, 2.05) is 19.0 Å². The van der Waals surface area contributed by atoms with Gasteiger partial charge in [0.15, 0.2) is 0 Å². The topological polar surface area (TPSA) is 41.6 Å². The molecule has 23 heavy (non-hydrogen) atoms. The molecule has 2 rings (SSSR count). The minimum atomic E-state index is -4.46. The SMILES string of the molecule is CN(C)C1(CNC(=O)c2cccc(C(F)(F)F)c2)CCOCC1. The van der Waals surface area contributed by atoms with Gasteiger partial charge in [0.25, 0.3) is 5.91 Å². The van der Waals surface area contributed by atoms with Crippen molar-refractivity contribution < 1.29 is 22.7 Å². The Hall–Kier alpha value is -1.60. The van der Waals surface area contributed by atoms with Crippen molar-refractivity contribution in [3.05, 3.63) is 35.4 Å². The van der Waals surface area contributed by atoms with Crippen molar-refractivity contribution in [2.75, 3.05) is 33.9 Å². The van der Waals surface area contributed by atoms with Crippen LogP contribution < -0.4 is 5.32 Å². The van der Waals surface area contributed by atoms with Crippen molar-refractivity contribution in [2.45, 2.75) is 24.6 Å². The highest BCUT2D eigenvalue weighted by molar-refractivity contribution is 5.94. The van der Waals surface area contributed by atoms with E-state index < -0.39 is 17.6 Å². The van der Waals surface area contributed by atoms with Crippen molar-refractivity contribution in [1.29, 1.82) is 0 Å². The summed E-state index contributed by atoms with van der Waals surface area (Å²) in [6.45, 7) is 1.59. The van der Waals surface area contributed by atoms with E-state index in [-0.39, 0.29) is 11.1 Å². The second kappa shape index (κ2) is 6.88. The molecule has 0 aliphatic carbocycles. The van der Waals surface area contributed by atoms with Gasteiger partial charge in [-0.3, -0.25) is 4.79 Å². The largest absolute Gasteiger partial charge is 0.416 e. The molecule has 1 aliphatic rings. The first kappa shape index (κ1) is 17.7. The molecule has 1 N–H and O–H groups in total. The zero-order valence-corrected chi connectivity index (χ0v) is 13.2. The number of nitrogens with one attached hydrogen (secondary N) is 1. The molecule has 0 bridgehead atoms. The van der Waals surface area contributed by atoms with Crippen molar-refractivity contribution in [3.8, 4) is 0 Å². The number of carbonyl (C=O) groups is 1. The second-order valence-corrected chi connectivity index (χ2v) is 5.99. The molecule has 0 radical (unpaired) electrons. The van der Waals surface area contributed by atoms with Crippen LogP contribution in [0, 0.1) is 0 Å². The van der Waals surface area contributed by atoms with Crippen LogP contribution >= 0.6 is 0 Å². The molecule has 0 atom stereocenters. The van der Waals surface area contributed by atoms with Crippen molar-refractivity contribution in [3.63, 3.8) is 0 Å². The lowest BCUT2D eigenvalue weighted by Crippen LogP contribution is -2.55. The lowest BCUT2D eigenvalue weighted by molar-refractivity contribution is -0.137. The Morgan fingerprint density at radius 2 is 1.96 bits per heavy atom. The van der Waals surface area contributed by atoms with Crippen molar-refractivity contribution >= 4 is 5.91 Å². The number of likely N-dealkylation sites (N-methyl/N-ethyl adjacent to an activating group) is 1. The van der Waals surface area contributed by atoms with E-state index >= 15 is 0 Å². The normalized spacial score (nSPS) is 18.0. The van der Waals surface area contributed by atoms with E-state index in [2.05, 4.69) is 5.32 Å². The first-order valence-electron chi connectivity index (χ1n) is 7.45. The van der Waals surface area contributed by atoms with Crippen molar-refractivity contribution in [2.24, 2.45) is 0 Å². The third-order valence-corrected chi connectivity index (χ3v) is 4.40. The molecule has 1 fully saturated rings. The molecule has 0 aromatic heterocycles. The number of benzene rings is 1. The van der Waals surface area contributed by atoms with E-state index in [1.165, 1.54) is 12.1 Å². The van der Waals surface area contributed by atoms with E-state index in [4.69, 9.17) is 4.74 Å². The maximum atomic E-state index is 12.7. The van der Waals surface area contributed by atoms with E-state index in [9.17, 15) is 18.0 Å². The van der Waals surface area contributed by atoms with Crippen LogP contribution in [0.25, 0.3) is 0 Å². The Kier molecular flexibility index (Phi) is 5.31. The summed E-state index contributed by atoms with van der Waals surface area (Å²) >= 11 is 0. The summed E-state index contributed by atoms with van der Waals surface area (Å²) in [5.74, 6) is -0.496. The smallest absolute Gasteiger partial charge is 0.381 e. The molecule has 0 spiro atoms. The molecule has 0 unspecified atom stereocenters. The van der Waals surface area contributed by atoms with Crippen LogP contribution in [-0.2, 0) is 10.9 Å². The zero-order chi connectivity index (χ0) is 17.1. The van der Waals surface area contributed by atoms with E-state index in [0.717, 1.165) is 25.0 Å². The third-order valence-electron chi connectivity index (χ3n) is 4.40. The van der Waals surface area contributed by atoms with Gasteiger partial charge < -0.3 is 15.0 Å². The summed E-state index contributed by atoms with van der Waals surface area (Å²) in [6.07, 6.45) is -2.92. The predicted molar refractivity (Wildman–Crippen MR) is 80.2 cm³/mol. The lowest BCUT2D eigenvalue weighted by atomic mass is 9.88. The van der Waals surface area contributed by atoms with Crippen LogP contribution in [0.5, 0.6) is 0 Å². The minimum absolute atomic E-state index is 0.0146. The van der Waals surface area contributed by atoms with Gasteiger partial charge in [-0.25, -0.2) is 0 Å². The van der Waals surface area contributed by atoms with Gasteiger partial charge in [-0.1, -0.05) is 6.07 Å². The van der Waals surface area contributed by atoms with Crippen LogP contribution in [0.1, 0.15) is 28.8 Å². The second-order valence-electron chi connectivity index (χ2n) is 5.99. The number of hydrogen-bond donors (Lipinski definition) is 1. The van der Waals surface area contributed by atoms with Crippen LogP contribution in [-0.4, -0.2) is 50.2 Å². The molecule has 1 aromatic rings. The first-order valence-corrected chi connectivity index (χ1v) is 7.45. The molecule has 1 heterocycles. The Bertz CT molecular complexity index is 553. The average molecular weight is 330 g/mol. The highest BCUT2D eigenvalue weighted by Gasteiger charge is 2.35. The zero-order valence-electron chi connectivity index (χ0n) is 13.2. The number of carbonyl (C=O) groups excluding carboxylic acids is 1. The van der Waals surface area contributed by atoms with Gasteiger partial charge in [0.05, 0.1) is 5.56 Å². The Morgan fingerprint density at radius 1 is 1.30 bits per heavy atom. The Balaban J connectivity index is 2.07. The Morgan fingerprint density at radius 3 is 2.52 bits per heavy atom. The molecule has 1 aliphatic heterocycles. The number of amides is 1. The fourth-order valence-corrected chi connectivity index (χ4v) is 2.72. The number of nitrogens with zero attached hydrogens (tertiary/aromatic N) is 1. The maximum absolute atomic E-state index is 12.7. The van der Waals surface area contributed by atoms with Crippen LogP contribution in [0.2, 0.25) is 0 Å². The summed E-state index contributed by atoms with van der Waals surface area (Å²) < 4.78 is 43.5. The van der Waals surface area contributed by atoms with E-state index in [0.29, 0.717) is 19.8 Å². The number of ether oxygens (including phenoxy) is 1. The lowest BCUT2D eigenvalue weighted by Gasteiger charge is -2.42. The number of halogens is 3. The summed E-state index contributed by atoms with van der Waals surface area (Å²) in [6, 6.07) is 4.46. The van der Waals surface area contributed by atoms with Crippen LogP contribution in [0.4, 0.5) is 13.2 Å².